The second kappa shape index (κ2) is 6.96. The maximum absolute atomic E-state index is 11.7. The zero-order chi connectivity index (χ0) is 14.5. The number of esters is 1. The standard InChI is InChI=1S/C12H8Br2N2O3S/c13-8-3-1-7(2-4-8)11(18)19-6-10(17)16-12-15-5-9(14)20-12/h1-5H,6H2,(H,15,16,17). The van der Waals surface area contributed by atoms with Crippen LogP contribution in [-0.4, -0.2) is 23.5 Å². The molecular weight excluding hydrogens is 412 g/mol. The Morgan fingerprint density at radius 3 is 2.55 bits per heavy atom. The summed E-state index contributed by atoms with van der Waals surface area (Å²) in [5.74, 6) is -0.981. The molecule has 0 atom stereocenters. The fourth-order valence-corrected chi connectivity index (χ4v) is 2.66. The minimum absolute atomic E-state index is 0.355. The molecule has 0 aliphatic carbocycles. The van der Waals surface area contributed by atoms with E-state index in [4.69, 9.17) is 4.74 Å². The lowest BCUT2D eigenvalue weighted by molar-refractivity contribution is -0.119. The lowest BCUT2D eigenvalue weighted by Crippen LogP contribution is -2.20. The van der Waals surface area contributed by atoms with Crippen molar-refractivity contribution in [2.45, 2.75) is 0 Å². The Bertz CT molecular complexity index is 628. The van der Waals surface area contributed by atoms with E-state index < -0.39 is 11.9 Å². The average molecular weight is 420 g/mol. The van der Waals surface area contributed by atoms with Gasteiger partial charge >= 0.3 is 5.97 Å². The van der Waals surface area contributed by atoms with E-state index in [0.717, 1.165) is 8.26 Å². The predicted octanol–water partition coefficient (Wildman–Crippen LogP) is 3.46. The minimum Gasteiger partial charge on any atom is -0.452 e. The Kier molecular flexibility index (Phi) is 5.27. The monoisotopic (exact) mass is 418 g/mol. The Balaban J connectivity index is 1.84. The molecule has 2 aromatic rings. The van der Waals surface area contributed by atoms with Crippen LogP contribution in [0.1, 0.15) is 10.4 Å². The van der Waals surface area contributed by atoms with E-state index in [9.17, 15) is 9.59 Å². The predicted molar refractivity (Wildman–Crippen MR) is 82.9 cm³/mol. The van der Waals surface area contributed by atoms with E-state index in [0.29, 0.717) is 10.7 Å². The molecule has 8 heteroatoms. The molecule has 1 heterocycles. The molecule has 1 aromatic carbocycles. The number of hydrogen-bond donors (Lipinski definition) is 1. The van der Waals surface area contributed by atoms with Crippen molar-refractivity contribution in [3.8, 4) is 0 Å². The lowest BCUT2D eigenvalue weighted by Gasteiger charge is -2.04. The summed E-state index contributed by atoms with van der Waals surface area (Å²) in [4.78, 5) is 27.2. The maximum Gasteiger partial charge on any atom is 0.338 e. The lowest BCUT2D eigenvalue weighted by atomic mass is 10.2. The van der Waals surface area contributed by atoms with Crippen molar-refractivity contribution in [1.82, 2.24) is 4.98 Å². The molecule has 0 bridgehead atoms. The number of carbonyl (C=O) groups excluding carboxylic acids is 2. The van der Waals surface area contributed by atoms with Gasteiger partial charge in [-0.1, -0.05) is 27.3 Å². The van der Waals surface area contributed by atoms with Gasteiger partial charge in [0.1, 0.15) is 0 Å². The number of rotatable bonds is 4. The molecule has 0 saturated heterocycles. The van der Waals surface area contributed by atoms with Gasteiger partial charge in [-0.05, 0) is 40.2 Å². The van der Waals surface area contributed by atoms with Crippen LogP contribution >= 0.6 is 43.2 Å². The summed E-state index contributed by atoms with van der Waals surface area (Å²) in [6.45, 7) is -0.355. The van der Waals surface area contributed by atoms with Crippen molar-refractivity contribution in [3.05, 3.63) is 44.3 Å². The van der Waals surface area contributed by atoms with Crippen LogP contribution < -0.4 is 5.32 Å². The van der Waals surface area contributed by atoms with Crippen LogP contribution in [0.3, 0.4) is 0 Å². The van der Waals surface area contributed by atoms with Crippen LogP contribution in [0.5, 0.6) is 0 Å². The number of ether oxygens (including phenoxy) is 1. The van der Waals surface area contributed by atoms with E-state index >= 15 is 0 Å². The van der Waals surface area contributed by atoms with Crippen molar-refractivity contribution in [1.29, 1.82) is 0 Å². The molecule has 0 saturated carbocycles. The molecule has 0 radical (unpaired) electrons. The summed E-state index contributed by atoms with van der Waals surface area (Å²) in [5.41, 5.74) is 0.387. The van der Waals surface area contributed by atoms with E-state index in [1.165, 1.54) is 11.3 Å². The van der Waals surface area contributed by atoms with Gasteiger partial charge in [-0.2, -0.15) is 0 Å². The van der Waals surface area contributed by atoms with Gasteiger partial charge in [-0.15, -0.1) is 0 Å². The number of carbonyl (C=O) groups is 2. The van der Waals surface area contributed by atoms with Crippen LogP contribution in [0.4, 0.5) is 5.13 Å². The summed E-state index contributed by atoms with van der Waals surface area (Å²) in [5, 5.41) is 2.98. The molecule has 0 unspecified atom stereocenters. The first-order valence-corrected chi connectivity index (χ1v) is 7.79. The quantitative estimate of drug-likeness (QED) is 0.770. The zero-order valence-electron chi connectivity index (χ0n) is 9.93. The van der Waals surface area contributed by atoms with Crippen LogP contribution in [-0.2, 0) is 9.53 Å². The zero-order valence-corrected chi connectivity index (χ0v) is 13.9. The van der Waals surface area contributed by atoms with Crippen LogP contribution in [0.25, 0.3) is 0 Å². The normalized spacial score (nSPS) is 10.1. The molecule has 2 rings (SSSR count). The second-order valence-corrected chi connectivity index (χ2v) is 6.93. The fraction of sp³-hybridized carbons (Fsp3) is 0.0833. The number of halogens is 2. The number of hydrogen-bond acceptors (Lipinski definition) is 5. The minimum atomic E-state index is -0.548. The summed E-state index contributed by atoms with van der Waals surface area (Å²) < 4.78 is 6.58. The number of aromatic nitrogens is 1. The number of nitrogens with zero attached hydrogens (tertiary/aromatic N) is 1. The molecular formula is C12H8Br2N2O3S. The summed E-state index contributed by atoms with van der Waals surface area (Å²) >= 11 is 7.78. The number of anilines is 1. The van der Waals surface area contributed by atoms with Gasteiger partial charge < -0.3 is 4.74 Å². The number of nitrogens with one attached hydrogen (secondary N) is 1. The Labute approximate surface area is 135 Å². The average Bonchev–Trinajstić information content (AvgIpc) is 2.82. The summed E-state index contributed by atoms with van der Waals surface area (Å²) in [7, 11) is 0. The number of thiazole rings is 1. The Morgan fingerprint density at radius 1 is 1.25 bits per heavy atom. The van der Waals surface area contributed by atoms with Gasteiger partial charge in [0.15, 0.2) is 11.7 Å². The van der Waals surface area contributed by atoms with Crippen LogP contribution in [0.2, 0.25) is 0 Å². The van der Waals surface area contributed by atoms with Crippen molar-refractivity contribution in [2.24, 2.45) is 0 Å². The highest BCUT2D eigenvalue weighted by Crippen LogP contribution is 2.22. The molecule has 20 heavy (non-hydrogen) atoms. The number of benzene rings is 1. The fourth-order valence-electron chi connectivity index (χ4n) is 1.27. The Morgan fingerprint density at radius 2 is 1.95 bits per heavy atom. The second-order valence-electron chi connectivity index (χ2n) is 3.60. The molecule has 104 valence electrons. The topological polar surface area (TPSA) is 68.3 Å². The first-order chi connectivity index (χ1) is 9.54. The highest BCUT2D eigenvalue weighted by molar-refractivity contribution is 9.11. The molecule has 0 aliphatic rings. The molecule has 5 nitrogen and oxygen atoms in total. The SMILES string of the molecule is O=C(COC(=O)c1ccc(Br)cc1)Nc1ncc(Br)s1. The Hall–Kier alpha value is -1.25. The van der Waals surface area contributed by atoms with Crippen LogP contribution in [0.15, 0.2) is 38.7 Å². The van der Waals surface area contributed by atoms with Crippen molar-refractivity contribution >= 4 is 60.2 Å². The first kappa shape index (κ1) is 15.1. The van der Waals surface area contributed by atoms with Crippen molar-refractivity contribution in [2.75, 3.05) is 11.9 Å². The molecule has 1 amide bonds. The van der Waals surface area contributed by atoms with E-state index in [2.05, 4.69) is 42.2 Å². The van der Waals surface area contributed by atoms with Crippen molar-refractivity contribution in [3.63, 3.8) is 0 Å². The summed E-state index contributed by atoms with van der Waals surface area (Å²) in [6.07, 6.45) is 1.58. The van der Waals surface area contributed by atoms with Gasteiger partial charge in [-0.3, -0.25) is 10.1 Å². The van der Waals surface area contributed by atoms with Gasteiger partial charge in [0.05, 0.1) is 15.5 Å². The third-order valence-corrected chi connectivity index (χ3v) is 4.06. The van der Waals surface area contributed by atoms with Crippen LogP contribution in [0, 0.1) is 0 Å². The van der Waals surface area contributed by atoms with Gasteiger partial charge in [0, 0.05) is 4.47 Å². The third kappa shape index (κ3) is 4.39. The van der Waals surface area contributed by atoms with Crippen molar-refractivity contribution < 1.29 is 14.3 Å². The molecule has 1 aromatic heterocycles. The van der Waals surface area contributed by atoms with Gasteiger partial charge in [0.2, 0.25) is 0 Å². The van der Waals surface area contributed by atoms with Gasteiger partial charge in [-0.25, -0.2) is 9.78 Å². The first-order valence-electron chi connectivity index (χ1n) is 5.38. The number of amides is 1. The molecule has 1 N–H and O–H groups in total. The third-order valence-electron chi connectivity index (χ3n) is 2.14. The molecule has 0 aliphatic heterocycles. The van der Waals surface area contributed by atoms with E-state index in [-0.39, 0.29) is 6.61 Å². The van der Waals surface area contributed by atoms with Gasteiger partial charge in [0.25, 0.3) is 5.91 Å². The van der Waals surface area contributed by atoms with E-state index in [1.807, 2.05) is 0 Å². The smallest absolute Gasteiger partial charge is 0.338 e. The highest BCUT2D eigenvalue weighted by Gasteiger charge is 2.11. The molecule has 0 spiro atoms. The largest absolute Gasteiger partial charge is 0.452 e. The highest BCUT2D eigenvalue weighted by atomic mass is 79.9. The molecule has 0 fully saturated rings. The maximum atomic E-state index is 11.7. The summed E-state index contributed by atoms with van der Waals surface area (Å²) in [6, 6.07) is 6.68. The van der Waals surface area contributed by atoms with E-state index in [1.54, 1.807) is 30.5 Å².